The van der Waals surface area contributed by atoms with E-state index in [0.717, 1.165) is 11.9 Å². The third kappa shape index (κ3) is 5.94. The van der Waals surface area contributed by atoms with Gasteiger partial charge in [0.1, 0.15) is 0 Å². The van der Waals surface area contributed by atoms with Gasteiger partial charge in [-0.2, -0.15) is 13.2 Å². The van der Waals surface area contributed by atoms with E-state index in [1.807, 2.05) is 12.3 Å². The van der Waals surface area contributed by atoms with E-state index >= 15 is 0 Å². The van der Waals surface area contributed by atoms with E-state index in [2.05, 4.69) is 39.7 Å². The third-order valence-electron chi connectivity index (χ3n) is 4.16. The fourth-order valence-corrected chi connectivity index (χ4v) is 2.86. The second-order valence-corrected chi connectivity index (χ2v) is 6.34. The Morgan fingerprint density at radius 2 is 1.96 bits per heavy atom. The van der Waals surface area contributed by atoms with Crippen LogP contribution >= 0.6 is 0 Å². The molecule has 1 heterocycles. The number of aromatic nitrogens is 1. The van der Waals surface area contributed by atoms with Crippen LogP contribution in [0.5, 0.6) is 0 Å². The number of guanidine groups is 1. The summed E-state index contributed by atoms with van der Waals surface area (Å²) in [6.45, 7) is 2.50. The zero-order valence-electron chi connectivity index (χ0n) is 15.4. The van der Waals surface area contributed by atoms with Crippen molar-refractivity contribution in [3.05, 3.63) is 35.5 Å². The number of fused-ring (bicyclic) bond motifs is 1. The molecule has 0 aliphatic heterocycles. The van der Waals surface area contributed by atoms with Crippen molar-refractivity contribution in [3.8, 4) is 0 Å². The lowest BCUT2D eigenvalue weighted by molar-refractivity contribution is -0.142. The van der Waals surface area contributed by atoms with Crippen molar-refractivity contribution in [2.24, 2.45) is 4.99 Å². The Balaban J connectivity index is 1.76. The lowest BCUT2D eigenvalue weighted by Gasteiger charge is -2.19. The maximum Gasteiger partial charge on any atom is 0.401 e. The molecule has 5 nitrogen and oxygen atoms in total. The number of nitrogens with one attached hydrogen (secondary N) is 3. The molecule has 0 aliphatic rings. The van der Waals surface area contributed by atoms with Gasteiger partial charge < -0.3 is 15.6 Å². The molecule has 3 N–H and O–H groups in total. The van der Waals surface area contributed by atoms with Gasteiger partial charge in [-0.15, -0.1) is 0 Å². The van der Waals surface area contributed by atoms with Crippen LogP contribution in [0.3, 0.4) is 0 Å². The second-order valence-electron chi connectivity index (χ2n) is 6.34. The number of rotatable bonds is 7. The molecule has 0 spiro atoms. The molecular weight excluding hydrogens is 343 g/mol. The topological polar surface area (TPSA) is 55.5 Å². The minimum atomic E-state index is -4.17. The van der Waals surface area contributed by atoms with Crippen molar-refractivity contribution >= 4 is 16.9 Å². The smallest absolute Gasteiger partial charge is 0.361 e. The van der Waals surface area contributed by atoms with E-state index in [0.29, 0.717) is 19.0 Å². The monoisotopic (exact) mass is 369 g/mol. The standard InChI is InChI=1S/C18H26F3N5/c1-13-5-4-6-15-14(11-25-16(13)15)7-8-23-17(22-2)24-9-10-26(3)12-18(19,20)21/h4-6,11,25H,7-10,12H2,1-3H3,(H2,22,23,24). The summed E-state index contributed by atoms with van der Waals surface area (Å²) in [5, 5.41) is 7.44. The van der Waals surface area contributed by atoms with E-state index < -0.39 is 12.7 Å². The van der Waals surface area contributed by atoms with Gasteiger partial charge in [-0.3, -0.25) is 9.89 Å². The molecule has 1 aromatic carbocycles. The summed E-state index contributed by atoms with van der Waals surface area (Å²) in [7, 11) is 3.09. The highest BCUT2D eigenvalue weighted by atomic mass is 19.4. The fourth-order valence-electron chi connectivity index (χ4n) is 2.86. The van der Waals surface area contributed by atoms with Gasteiger partial charge in [0.2, 0.25) is 0 Å². The molecule has 0 unspecified atom stereocenters. The largest absolute Gasteiger partial charge is 0.401 e. The Labute approximate surface area is 151 Å². The number of benzene rings is 1. The number of aryl methyl sites for hydroxylation is 1. The molecule has 0 saturated heterocycles. The molecule has 0 radical (unpaired) electrons. The normalized spacial score (nSPS) is 12.8. The summed E-state index contributed by atoms with van der Waals surface area (Å²) in [5.41, 5.74) is 3.58. The molecule has 2 rings (SSSR count). The highest BCUT2D eigenvalue weighted by molar-refractivity contribution is 5.86. The molecule has 2 aromatic rings. The van der Waals surface area contributed by atoms with Crippen molar-refractivity contribution < 1.29 is 13.2 Å². The Hall–Kier alpha value is -2.22. The fraction of sp³-hybridized carbons (Fsp3) is 0.500. The number of halogens is 3. The maximum absolute atomic E-state index is 12.3. The minimum absolute atomic E-state index is 0.280. The lowest BCUT2D eigenvalue weighted by atomic mass is 10.1. The first-order chi connectivity index (χ1) is 12.3. The van der Waals surface area contributed by atoms with E-state index in [1.54, 1.807) is 7.05 Å². The highest BCUT2D eigenvalue weighted by Gasteiger charge is 2.28. The zero-order valence-corrected chi connectivity index (χ0v) is 15.4. The number of likely N-dealkylation sites (N-methyl/N-ethyl adjacent to an activating group) is 1. The average molecular weight is 369 g/mol. The maximum atomic E-state index is 12.3. The number of H-pyrrole nitrogens is 1. The molecule has 0 bridgehead atoms. The molecule has 0 atom stereocenters. The third-order valence-corrected chi connectivity index (χ3v) is 4.16. The van der Waals surface area contributed by atoms with E-state index in [4.69, 9.17) is 0 Å². The molecular formula is C18H26F3N5. The number of alkyl halides is 3. The van der Waals surface area contributed by atoms with Crippen LogP contribution in [0.1, 0.15) is 11.1 Å². The van der Waals surface area contributed by atoms with Crippen LogP contribution in [-0.2, 0) is 6.42 Å². The van der Waals surface area contributed by atoms with Gasteiger partial charge in [-0.05, 0) is 31.5 Å². The van der Waals surface area contributed by atoms with Crippen LogP contribution in [0.4, 0.5) is 13.2 Å². The average Bonchev–Trinajstić information content (AvgIpc) is 2.96. The predicted molar refractivity (Wildman–Crippen MR) is 99.7 cm³/mol. The van der Waals surface area contributed by atoms with Gasteiger partial charge in [0, 0.05) is 43.8 Å². The Bertz CT molecular complexity index is 736. The Kier molecular flexibility index (Phi) is 6.90. The summed E-state index contributed by atoms with van der Waals surface area (Å²) in [6, 6.07) is 6.21. The number of aromatic amines is 1. The number of nitrogens with zero attached hydrogens (tertiary/aromatic N) is 2. The first-order valence-electron chi connectivity index (χ1n) is 8.55. The SMILES string of the molecule is CN=C(NCCc1c[nH]c2c(C)cccc12)NCCN(C)CC(F)(F)F. The van der Waals surface area contributed by atoms with E-state index in [9.17, 15) is 13.2 Å². The van der Waals surface area contributed by atoms with Gasteiger partial charge in [-0.1, -0.05) is 18.2 Å². The molecule has 1 aromatic heterocycles. The van der Waals surface area contributed by atoms with E-state index in [-0.39, 0.29) is 6.54 Å². The zero-order chi connectivity index (χ0) is 19.2. The van der Waals surface area contributed by atoms with Gasteiger partial charge >= 0.3 is 6.18 Å². The summed E-state index contributed by atoms with van der Waals surface area (Å²) in [6.07, 6.45) is -1.34. The van der Waals surface area contributed by atoms with E-state index in [1.165, 1.54) is 28.5 Å². The number of hydrogen-bond acceptors (Lipinski definition) is 2. The molecule has 0 saturated carbocycles. The lowest BCUT2D eigenvalue weighted by Crippen LogP contribution is -2.42. The van der Waals surface area contributed by atoms with Crippen LogP contribution in [0, 0.1) is 6.92 Å². The minimum Gasteiger partial charge on any atom is -0.361 e. The van der Waals surface area contributed by atoms with Crippen LogP contribution in [0.15, 0.2) is 29.4 Å². The molecule has 8 heteroatoms. The van der Waals surface area contributed by atoms with Crippen molar-refractivity contribution in [2.45, 2.75) is 19.5 Å². The highest BCUT2D eigenvalue weighted by Crippen LogP contribution is 2.21. The summed E-state index contributed by atoms with van der Waals surface area (Å²) in [4.78, 5) is 8.63. The second kappa shape index (κ2) is 8.93. The Morgan fingerprint density at radius 3 is 2.65 bits per heavy atom. The predicted octanol–water partition coefficient (Wildman–Crippen LogP) is 2.68. The van der Waals surface area contributed by atoms with Crippen LogP contribution < -0.4 is 10.6 Å². The molecule has 0 amide bonds. The van der Waals surface area contributed by atoms with Gasteiger partial charge in [-0.25, -0.2) is 0 Å². The van der Waals surface area contributed by atoms with Crippen molar-refractivity contribution in [2.75, 3.05) is 40.3 Å². The van der Waals surface area contributed by atoms with Crippen molar-refractivity contribution in [3.63, 3.8) is 0 Å². The van der Waals surface area contributed by atoms with Crippen molar-refractivity contribution in [1.82, 2.24) is 20.5 Å². The van der Waals surface area contributed by atoms with Gasteiger partial charge in [0.15, 0.2) is 5.96 Å². The summed E-state index contributed by atoms with van der Waals surface area (Å²) in [5.74, 6) is 0.585. The molecule has 26 heavy (non-hydrogen) atoms. The van der Waals surface area contributed by atoms with Crippen molar-refractivity contribution in [1.29, 1.82) is 0 Å². The van der Waals surface area contributed by atoms with Crippen LogP contribution in [0.25, 0.3) is 10.9 Å². The first kappa shape index (κ1) is 20.1. The first-order valence-corrected chi connectivity index (χ1v) is 8.55. The van der Waals surface area contributed by atoms with Gasteiger partial charge in [0.25, 0.3) is 0 Å². The molecule has 0 fully saturated rings. The number of para-hydroxylation sites is 1. The van der Waals surface area contributed by atoms with Gasteiger partial charge in [0.05, 0.1) is 6.54 Å². The summed E-state index contributed by atoms with van der Waals surface area (Å²) < 4.78 is 36.9. The Morgan fingerprint density at radius 1 is 1.23 bits per heavy atom. The number of aliphatic imine (C=N–C) groups is 1. The molecule has 144 valence electrons. The van der Waals surface area contributed by atoms with Crippen LogP contribution in [0.2, 0.25) is 0 Å². The summed E-state index contributed by atoms with van der Waals surface area (Å²) >= 11 is 0. The molecule has 0 aliphatic carbocycles. The quantitative estimate of drug-likeness (QED) is 0.520. The number of hydrogen-bond donors (Lipinski definition) is 3. The van der Waals surface area contributed by atoms with Crippen LogP contribution in [-0.4, -0.2) is 62.3 Å².